The molecule has 0 bridgehead atoms. The standard InChI is InChI=1S/C11H20BrNO/c1-8(12)4-3-7-13-11(14)9(2)10-5-6-10/h8-10H,3-7H2,1-2H3,(H,13,14). The molecule has 0 aromatic rings. The Hall–Kier alpha value is -0.0500. The fourth-order valence-electron chi connectivity index (χ4n) is 1.57. The van der Waals surface area contributed by atoms with Crippen LogP contribution in [0.5, 0.6) is 0 Å². The summed E-state index contributed by atoms with van der Waals surface area (Å²) < 4.78 is 0. The smallest absolute Gasteiger partial charge is 0.223 e. The lowest BCUT2D eigenvalue weighted by atomic mass is 10.1. The van der Waals surface area contributed by atoms with Crippen LogP contribution in [0, 0.1) is 11.8 Å². The van der Waals surface area contributed by atoms with Crippen LogP contribution in [-0.4, -0.2) is 17.3 Å². The van der Waals surface area contributed by atoms with Crippen molar-refractivity contribution in [2.24, 2.45) is 11.8 Å². The molecule has 1 fully saturated rings. The zero-order valence-corrected chi connectivity index (χ0v) is 10.6. The Morgan fingerprint density at radius 2 is 2.14 bits per heavy atom. The van der Waals surface area contributed by atoms with Crippen LogP contribution in [0.25, 0.3) is 0 Å². The second kappa shape index (κ2) is 5.74. The second-order valence-corrected chi connectivity index (χ2v) is 5.90. The van der Waals surface area contributed by atoms with Crippen molar-refractivity contribution in [3.63, 3.8) is 0 Å². The molecular formula is C11H20BrNO. The zero-order chi connectivity index (χ0) is 10.6. The third kappa shape index (κ3) is 4.45. The number of halogens is 1. The van der Waals surface area contributed by atoms with Crippen LogP contribution in [0.1, 0.15) is 39.5 Å². The van der Waals surface area contributed by atoms with Gasteiger partial charge < -0.3 is 5.32 Å². The second-order valence-electron chi connectivity index (χ2n) is 4.34. The molecule has 0 radical (unpaired) electrons. The summed E-state index contributed by atoms with van der Waals surface area (Å²) in [7, 11) is 0. The molecular weight excluding hydrogens is 242 g/mol. The Balaban J connectivity index is 2.02. The number of hydrogen-bond acceptors (Lipinski definition) is 1. The predicted molar refractivity (Wildman–Crippen MR) is 62.5 cm³/mol. The van der Waals surface area contributed by atoms with Crippen molar-refractivity contribution in [1.29, 1.82) is 0 Å². The molecule has 0 aromatic heterocycles. The lowest BCUT2D eigenvalue weighted by molar-refractivity contribution is -0.125. The molecule has 2 atom stereocenters. The number of rotatable bonds is 6. The molecule has 0 heterocycles. The molecule has 1 saturated carbocycles. The van der Waals surface area contributed by atoms with Crippen LogP contribution in [0.4, 0.5) is 0 Å². The average Bonchev–Trinajstić information content (AvgIpc) is 2.93. The molecule has 82 valence electrons. The van der Waals surface area contributed by atoms with Crippen molar-refractivity contribution in [2.75, 3.05) is 6.54 Å². The maximum atomic E-state index is 11.5. The largest absolute Gasteiger partial charge is 0.356 e. The summed E-state index contributed by atoms with van der Waals surface area (Å²) in [5.74, 6) is 1.15. The van der Waals surface area contributed by atoms with Crippen LogP contribution in [-0.2, 0) is 4.79 Å². The van der Waals surface area contributed by atoms with Crippen molar-refractivity contribution in [3.05, 3.63) is 0 Å². The molecule has 14 heavy (non-hydrogen) atoms. The number of amides is 1. The van der Waals surface area contributed by atoms with Crippen molar-refractivity contribution in [2.45, 2.75) is 44.4 Å². The van der Waals surface area contributed by atoms with Crippen LogP contribution < -0.4 is 5.32 Å². The van der Waals surface area contributed by atoms with E-state index in [1.165, 1.54) is 12.8 Å². The quantitative estimate of drug-likeness (QED) is 0.578. The molecule has 1 aliphatic carbocycles. The number of carbonyl (C=O) groups is 1. The van der Waals surface area contributed by atoms with Gasteiger partial charge in [0.1, 0.15) is 0 Å². The Morgan fingerprint density at radius 3 is 2.64 bits per heavy atom. The van der Waals surface area contributed by atoms with E-state index in [4.69, 9.17) is 0 Å². The molecule has 2 nitrogen and oxygen atoms in total. The molecule has 0 spiro atoms. The van der Waals surface area contributed by atoms with Gasteiger partial charge in [-0.15, -0.1) is 0 Å². The summed E-state index contributed by atoms with van der Waals surface area (Å²) in [4.78, 5) is 12.1. The lowest BCUT2D eigenvalue weighted by Crippen LogP contribution is -2.31. The van der Waals surface area contributed by atoms with Gasteiger partial charge in [0.15, 0.2) is 0 Å². The van der Waals surface area contributed by atoms with Gasteiger partial charge >= 0.3 is 0 Å². The fourth-order valence-corrected chi connectivity index (χ4v) is 1.89. The summed E-state index contributed by atoms with van der Waals surface area (Å²) in [5, 5.41) is 3.00. The van der Waals surface area contributed by atoms with E-state index in [0.717, 1.165) is 19.4 Å². The van der Waals surface area contributed by atoms with Gasteiger partial charge in [0.25, 0.3) is 0 Å². The van der Waals surface area contributed by atoms with E-state index in [-0.39, 0.29) is 11.8 Å². The van der Waals surface area contributed by atoms with Gasteiger partial charge in [-0.25, -0.2) is 0 Å². The molecule has 1 rings (SSSR count). The topological polar surface area (TPSA) is 29.1 Å². The fraction of sp³-hybridized carbons (Fsp3) is 0.909. The lowest BCUT2D eigenvalue weighted by Gasteiger charge is -2.11. The number of carbonyl (C=O) groups excluding carboxylic acids is 1. The van der Waals surface area contributed by atoms with Crippen LogP contribution in [0.2, 0.25) is 0 Å². The van der Waals surface area contributed by atoms with Crippen LogP contribution >= 0.6 is 15.9 Å². The minimum absolute atomic E-state index is 0.233. The summed E-state index contributed by atoms with van der Waals surface area (Å²) >= 11 is 3.49. The van der Waals surface area contributed by atoms with Gasteiger partial charge in [0.05, 0.1) is 0 Å². The van der Waals surface area contributed by atoms with E-state index in [1.54, 1.807) is 0 Å². The zero-order valence-electron chi connectivity index (χ0n) is 9.05. The van der Waals surface area contributed by atoms with Gasteiger partial charge in [-0.1, -0.05) is 29.8 Å². The van der Waals surface area contributed by atoms with Gasteiger partial charge in [0, 0.05) is 17.3 Å². The molecule has 3 heteroatoms. The third-order valence-electron chi connectivity index (χ3n) is 2.82. The number of hydrogen-bond donors (Lipinski definition) is 1. The molecule has 1 aliphatic rings. The highest BCUT2D eigenvalue weighted by atomic mass is 79.9. The molecule has 1 amide bonds. The van der Waals surface area contributed by atoms with E-state index in [0.29, 0.717) is 10.7 Å². The first-order valence-electron chi connectivity index (χ1n) is 5.53. The number of nitrogens with one attached hydrogen (secondary N) is 1. The van der Waals surface area contributed by atoms with E-state index in [9.17, 15) is 4.79 Å². The number of alkyl halides is 1. The average molecular weight is 262 g/mol. The predicted octanol–water partition coefficient (Wildman–Crippen LogP) is 2.71. The Kier molecular flexibility index (Phi) is 4.93. The van der Waals surface area contributed by atoms with E-state index in [1.807, 2.05) is 6.92 Å². The summed E-state index contributed by atoms with van der Waals surface area (Å²) in [5.41, 5.74) is 0. The third-order valence-corrected chi connectivity index (χ3v) is 3.28. The van der Waals surface area contributed by atoms with Gasteiger partial charge in [0.2, 0.25) is 5.91 Å². The molecule has 0 aliphatic heterocycles. The monoisotopic (exact) mass is 261 g/mol. The first-order chi connectivity index (χ1) is 6.61. The SMILES string of the molecule is CC(Br)CCCNC(=O)C(C)C1CC1. The maximum Gasteiger partial charge on any atom is 0.223 e. The first kappa shape index (κ1) is 12.0. The Bertz CT molecular complexity index is 190. The van der Waals surface area contributed by atoms with Gasteiger partial charge in [-0.3, -0.25) is 4.79 Å². The van der Waals surface area contributed by atoms with Crippen LogP contribution in [0.3, 0.4) is 0 Å². The van der Waals surface area contributed by atoms with Crippen molar-refractivity contribution >= 4 is 21.8 Å². The minimum atomic E-state index is 0.233. The highest BCUT2D eigenvalue weighted by Crippen LogP contribution is 2.36. The first-order valence-corrected chi connectivity index (χ1v) is 6.44. The molecule has 0 aromatic carbocycles. The Labute approximate surface area is 95.0 Å². The molecule has 0 saturated heterocycles. The highest BCUT2D eigenvalue weighted by Gasteiger charge is 2.32. The maximum absolute atomic E-state index is 11.5. The van der Waals surface area contributed by atoms with Gasteiger partial charge in [-0.2, -0.15) is 0 Å². The van der Waals surface area contributed by atoms with Crippen molar-refractivity contribution in [3.8, 4) is 0 Å². The highest BCUT2D eigenvalue weighted by molar-refractivity contribution is 9.09. The van der Waals surface area contributed by atoms with Crippen molar-refractivity contribution < 1.29 is 4.79 Å². The van der Waals surface area contributed by atoms with E-state index >= 15 is 0 Å². The Morgan fingerprint density at radius 1 is 1.50 bits per heavy atom. The van der Waals surface area contributed by atoms with E-state index < -0.39 is 0 Å². The summed E-state index contributed by atoms with van der Waals surface area (Å²) in [6, 6.07) is 0. The molecule has 2 unspecified atom stereocenters. The van der Waals surface area contributed by atoms with Gasteiger partial charge in [-0.05, 0) is 31.6 Å². The minimum Gasteiger partial charge on any atom is -0.356 e. The summed E-state index contributed by atoms with van der Waals surface area (Å²) in [6.45, 7) is 5.00. The van der Waals surface area contributed by atoms with E-state index in [2.05, 4.69) is 28.2 Å². The normalized spacial score (nSPS) is 20.2. The van der Waals surface area contributed by atoms with Crippen LogP contribution in [0.15, 0.2) is 0 Å². The summed E-state index contributed by atoms with van der Waals surface area (Å²) in [6.07, 6.45) is 4.67. The van der Waals surface area contributed by atoms with Crippen molar-refractivity contribution in [1.82, 2.24) is 5.32 Å². The molecule has 1 N–H and O–H groups in total.